The van der Waals surface area contributed by atoms with Crippen LogP contribution < -0.4 is 10.7 Å². The number of hydrogen-bond acceptors (Lipinski definition) is 3. The maximum Gasteiger partial charge on any atom is 0.325 e. The van der Waals surface area contributed by atoms with E-state index in [0.29, 0.717) is 16.5 Å². The monoisotopic (exact) mass is 135 g/mol. The van der Waals surface area contributed by atoms with Crippen LogP contribution in [0.5, 0.6) is 0 Å². The van der Waals surface area contributed by atoms with Gasteiger partial charge in [-0.25, -0.2) is 0 Å². The highest BCUT2D eigenvalue weighted by molar-refractivity contribution is 5.23. The van der Waals surface area contributed by atoms with E-state index in [1.54, 1.807) is 0 Å². The molecule has 4 nitrogen and oxygen atoms in total. The third-order valence-electron chi connectivity index (χ3n) is 1.32. The van der Waals surface area contributed by atoms with E-state index in [1.807, 2.05) is 0 Å². The van der Waals surface area contributed by atoms with E-state index in [2.05, 4.69) is 23.2 Å². The molecule has 0 saturated heterocycles. The van der Waals surface area contributed by atoms with Crippen LogP contribution in [0.1, 0.15) is 0 Å². The van der Waals surface area contributed by atoms with E-state index < -0.39 is 0 Å². The van der Waals surface area contributed by atoms with E-state index in [1.165, 1.54) is 10.9 Å². The molecule has 2 aromatic heterocycles. The largest absolute Gasteiger partial charge is 0.410 e. The molecule has 0 amide bonds. The van der Waals surface area contributed by atoms with E-state index in [9.17, 15) is 0 Å². The highest BCUT2D eigenvalue weighted by atomic mass is 16.4. The van der Waals surface area contributed by atoms with E-state index >= 15 is 0 Å². The highest BCUT2D eigenvalue weighted by Crippen LogP contribution is 1.86. The van der Waals surface area contributed by atoms with E-state index in [4.69, 9.17) is 4.42 Å². The van der Waals surface area contributed by atoms with Crippen LogP contribution in [0.3, 0.4) is 0 Å². The Kier molecular flexibility index (Phi) is 0.768. The van der Waals surface area contributed by atoms with E-state index in [-0.39, 0.29) is 0 Å². The summed E-state index contributed by atoms with van der Waals surface area (Å²) in [5.74, 6) is 0.440. The van der Waals surface area contributed by atoms with Crippen molar-refractivity contribution in [2.24, 2.45) is 0 Å². The summed E-state index contributed by atoms with van der Waals surface area (Å²) in [7, 11) is 0. The van der Waals surface area contributed by atoms with Crippen LogP contribution in [0, 0.1) is 0 Å². The van der Waals surface area contributed by atoms with Gasteiger partial charge in [-0.3, -0.25) is 0 Å². The van der Waals surface area contributed by atoms with Gasteiger partial charge in [-0.15, -0.1) is 5.10 Å². The van der Waals surface area contributed by atoms with Crippen LogP contribution in [-0.4, -0.2) is 14.6 Å². The first kappa shape index (κ1) is 5.22. The topological polar surface area (TPSA) is 43.3 Å². The normalized spacial score (nSPS) is 10.8. The van der Waals surface area contributed by atoms with Gasteiger partial charge < -0.3 is 4.42 Å². The van der Waals surface area contributed by atoms with Crippen molar-refractivity contribution in [3.8, 4) is 0 Å². The maximum absolute atomic E-state index is 4.88. The molecular weight excluding hydrogens is 130 g/mol. The van der Waals surface area contributed by atoms with Crippen LogP contribution in [0.2, 0.25) is 0 Å². The van der Waals surface area contributed by atoms with Gasteiger partial charge in [0.15, 0.2) is 0 Å². The van der Waals surface area contributed by atoms with Crippen molar-refractivity contribution in [3.63, 3.8) is 0 Å². The van der Waals surface area contributed by atoms with E-state index in [0.717, 1.165) is 0 Å². The summed E-state index contributed by atoms with van der Waals surface area (Å²) in [6.45, 7) is 7.33. The predicted octanol–water partition coefficient (Wildman–Crippen LogP) is -0.857. The molecular formula is C6H5N3O. The first-order valence-corrected chi connectivity index (χ1v) is 2.75. The van der Waals surface area contributed by atoms with Gasteiger partial charge in [-0.05, 0) is 0 Å². The lowest BCUT2D eigenvalue weighted by atomic mass is 10.6. The van der Waals surface area contributed by atoms with Gasteiger partial charge >= 0.3 is 5.84 Å². The van der Waals surface area contributed by atoms with Gasteiger partial charge in [0.05, 0.1) is 10.7 Å². The molecule has 0 saturated carbocycles. The summed E-state index contributed by atoms with van der Waals surface area (Å²) in [4.78, 5) is 3.93. The van der Waals surface area contributed by atoms with Crippen LogP contribution >= 0.6 is 0 Å². The molecule has 0 unspecified atom stereocenters. The Morgan fingerprint density at radius 3 is 3.00 bits per heavy atom. The fraction of sp³-hybridized carbons (Fsp3) is 0. The summed E-state index contributed by atoms with van der Waals surface area (Å²) >= 11 is 0. The fourth-order valence-corrected chi connectivity index (χ4v) is 0.778. The summed E-state index contributed by atoms with van der Waals surface area (Å²) < 4.78 is 6.38. The predicted molar refractivity (Wildman–Crippen MR) is 35.5 cm³/mol. The minimum Gasteiger partial charge on any atom is -0.410 e. The Morgan fingerprint density at radius 2 is 2.30 bits per heavy atom. The Bertz CT molecular complexity index is 453. The van der Waals surface area contributed by atoms with Crippen molar-refractivity contribution in [2.75, 3.05) is 0 Å². The van der Waals surface area contributed by atoms with Crippen LogP contribution in [0.25, 0.3) is 19.0 Å². The Balaban J connectivity index is 3.24. The average Bonchev–Trinajstić information content (AvgIpc) is 2.41. The molecule has 50 valence electrons. The molecule has 0 aliphatic carbocycles. The lowest BCUT2D eigenvalue weighted by molar-refractivity contribution is 0.588. The molecule has 0 aliphatic rings. The van der Waals surface area contributed by atoms with Crippen molar-refractivity contribution in [1.29, 1.82) is 0 Å². The SMILES string of the molecule is C=c1nc2ocnn2c1=C. The fourth-order valence-electron chi connectivity index (χ4n) is 0.778. The standard InChI is InChI=1S/C6H5N3O/c1-4-5(2)9-6(8-4)10-3-7-9/h3H,1-2H2. The molecule has 0 aromatic carbocycles. The molecule has 4 heteroatoms. The van der Waals surface area contributed by atoms with Crippen LogP contribution in [0.4, 0.5) is 0 Å². The molecule has 0 aliphatic heterocycles. The Morgan fingerprint density at radius 1 is 1.50 bits per heavy atom. The molecule has 0 N–H and O–H groups in total. The zero-order valence-corrected chi connectivity index (χ0v) is 5.24. The van der Waals surface area contributed by atoms with Gasteiger partial charge in [0, 0.05) is 0 Å². The number of imidazole rings is 1. The zero-order chi connectivity index (χ0) is 7.14. The van der Waals surface area contributed by atoms with Crippen LogP contribution in [-0.2, 0) is 0 Å². The smallest absolute Gasteiger partial charge is 0.325 e. The number of rotatable bonds is 0. The molecule has 0 spiro atoms. The van der Waals surface area contributed by atoms with Gasteiger partial charge in [0.2, 0.25) is 6.39 Å². The molecule has 2 aromatic rings. The molecule has 0 atom stereocenters. The number of aromatic nitrogens is 3. The molecule has 0 radical (unpaired) electrons. The Labute approximate surface area is 56.1 Å². The van der Waals surface area contributed by atoms with Crippen molar-refractivity contribution >= 4 is 19.0 Å². The number of nitrogens with zero attached hydrogens (tertiary/aromatic N) is 3. The van der Waals surface area contributed by atoms with Gasteiger partial charge in [-0.2, -0.15) is 9.50 Å². The lowest BCUT2D eigenvalue weighted by Crippen LogP contribution is -2.24. The van der Waals surface area contributed by atoms with Gasteiger partial charge in [-0.1, -0.05) is 13.2 Å². The summed E-state index contributed by atoms with van der Waals surface area (Å²) in [6, 6.07) is 0. The second-order valence-electron chi connectivity index (χ2n) is 1.94. The van der Waals surface area contributed by atoms with Crippen molar-refractivity contribution in [2.45, 2.75) is 0 Å². The highest BCUT2D eigenvalue weighted by Gasteiger charge is 1.98. The molecule has 2 heterocycles. The van der Waals surface area contributed by atoms with Gasteiger partial charge in [0.1, 0.15) is 0 Å². The average molecular weight is 135 g/mol. The third kappa shape index (κ3) is 0.452. The lowest BCUT2D eigenvalue weighted by Gasteiger charge is -1.71. The summed E-state index contributed by atoms with van der Waals surface area (Å²) in [5.41, 5.74) is 0. The summed E-state index contributed by atoms with van der Waals surface area (Å²) in [5, 5.41) is 5.10. The maximum atomic E-state index is 4.88. The van der Waals surface area contributed by atoms with Crippen LogP contribution in [0.15, 0.2) is 10.8 Å². The minimum absolute atomic E-state index is 0.440. The number of fused-ring (bicyclic) bond motifs is 1. The Hall–Kier alpha value is -1.58. The third-order valence-corrected chi connectivity index (χ3v) is 1.32. The second kappa shape index (κ2) is 1.47. The van der Waals surface area contributed by atoms with Gasteiger partial charge in [0.25, 0.3) is 0 Å². The quantitative estimate of drug-likeness (QED) is 0.472. The second-order valence-corrected chi connectivity index (χ2v) is 1.94. The van der Waals surface area contributed by atoms with Crippen molar-refractivity contribution < 1.29 is 4.42 Å². The minimum atomic E-state index is 0.440. The molecule has 0 bridgehead atoms. The molecule has 2 rings (SSSR count). The number of hydrogen-bond donors (Lipinski definition) is 0. The van der Waals surface area contributed by atoms with Crippen molar-refractivity contribution in [1.82, 2.24) is 14.6 Å². The summed E-state index contributed by atoms with van der Waals surface area (Å²) in [6.07, 6.45) is 1.32. The first-order valence-electron chi connectivity index (χ1n) is 2.75. The zero-order valence-electron chi connectivity index (χ0n) is 5.24. The molecule has 10 heavy (non-hydrogen) atoms. The first-order chi connectivity index (χ1) is 4.79. The molecule has 0 fully saturated rings. The van der Waals surface area contributed by atoms with Crippen molar-refractivity contribution in [3.05, 3.63) is 17.1 Å².